The van der Waals surface area contributed by atoms with Crippen molar-refractivity contribution in [2.24, 2.45) is 11.8 Å². The van der Waals surface area contributed by atoms with Gasteiger partial charge in [0, 0.05) is 5.02 Å². The molecule has 0 unspecified atom stereocenters. The van der Waals surface area contributed by atoms with E-state index in [1.54, 1.807) is 58.9 Å². The quantitative estimate of drug-likeness (QED) is 0.574. The zero-order chi connectivity index (χ0) is 20.8. The van der Waals surface area contributed by atoms with Gasteiger partial charge in [0.1, 0.15) is 23.6 Å². The Balaban J connectivity index is 2.67. The minimum absolute atomic E-state index is 0.0235. The second-order valence-corrected chi connectivity index (χ2v) is 8.55. The Kier molecular flexibility index (Phi) is 8.60. The van der Waals surface area contributed by atoms with Crippen LogP contribution in [-0.4, -0.2) is 29.7 Å². The van der Waals surface area contributed by atoms with E-state index in [4.69, 9.17) is 25.8 Å². The lowest BCUT2D eigenvalue weighted by Crippen LogP contribution is -2.39. The van der Waals surface area contributed by atoms with Crippen LogP contribution in [0.4, 0.5) is 0 Å². The molecular weight excluding hydrogens is 368 g/mol. The highest BCUT2D eigenvalue weighted by Crippen LogP contribution is 2.23. The van der Waals surface area contributed by atoms with E-state index in [9.17, 15) is 9.59 Å². The van der Waals surface area contributed by atoms with Gasteiger partial charge in [-0.05, 0) is 51.8 Å². The Morgan fingerprint density at radius 1 is 1.11 bits per heavy atom. The summed E-state index contributed by atoms with van der Waals surface area (Å²) in [4.78, 5) is 24.3. The Hall–Kier alpha value is -1.75. The Labute approximate surface area is 167 Å². The van der Waals surface area contributed by atoms with Gasteiger partial charge < -0.3 is 14.2 Å². The molecule has 0 fully saturated rings. The largest absolute Gasteiger partial charge is 0.486 e. The molecule has 1 aromatic rings. The molecule has 1 aromatic carbocycles. The number of carbonyl (C=O) groups excluding carboxylic acids is 2. The molecule has 0 aromatic heterocycles. The van der Waals surface area contributed by atoms with Crippen LogP contribution in [0.5, 0.6) is 5.75 Å². The topological polar surface area (TPSA) is 61.8 Å². The van der Waals surface area contributed by atoms with Gasteiger partial charge in [0.2, 0.25) is 0 Å². The fraction of sp³-hybridized carbons (Fsp3) is 0.619. The van der Waals surface area contributed by atoms with E-state index >= 15 is 0 Å². The van der Waals surface area contributed by atoms with Gasteiger partial charge in [-0.15, -0.1) is 0 Å². The van der Waals surface area contributed by atoms with Crippen molar-refractivity contribution >= 4 is 23.5 Å². The van der Waals surface area contributed by atoms with Crippen LogP contribution < -0.4 is 4.74 Å². The fourth-order valence-electron chi connectivity index (χ4n) is 2.55. The lowest BCUT2D eigenvalue weighted by atomic mass is 10.0. The molecule has 0 heterocycles. The van der Waals surface area contributed by atoms with Crippen LogP contribution in [0, 0.1) is 11.8 Å². The molecule has 3 atom stereocenters. The SMILES string of the molecule is CC(C)[C@@H](Oc1cccc(Cl)c1)[C@H](C)OC(=O)[C@H](C)CC(=O)OC(C)(C)C. The van der Waals surface area contributed by atoms with Crippen LogP contribution in [0.3, 0.4) is 0 Å². The number of hydrogen-bond donors (Lipinski definition) is 0. The van der Waals surface area contributed by atoms with E-state index in [0.29, 0.717) is 10.8 Å². The minimum atomic E-state index is -0.596. The summed E-state index contributed by atoms with van der Waals surface area (Å²) in [6.45, 7) is 12.8. The molecule has 0 aliphatic heterocycles. The van der Waals surface area contributed by atoms with Gasteiger partial charge in [0.15, 0.2) is 0 Å². The molecule has 0 radical (unpaired) electrons. The smallest absolute Gasteiger partial charge is 0.309 e. The summed E-state index contributed by atoms with van der Waals surface area (Å²) in [6.07, 6.45) is -0.858. The molecule has 0 aliphatic carbocycles. The molecule has 152 valence electrons. The van der Waals surface area contributed by atoms with Gasteiger partial charge in [-0.1, -0.05) is 38.4 Å². The van der Waals surface area contributed by atoms with E-state index in [2.05, 4.69) is 0 Å². The summed E-state index contributed by atoms with van der Waals surface area (Å²) in [5, 5.41) is 0.575. The summed E-state index contributed by atoms with van der Waals surface area (Å²) in [6, 6.07) is 7.09. The number of carbonyl (C=O) groups is 2. The van der Waals surface area contributed by atoms with Gasteiger partial charge >= 0.3 is 11.9 Å². The maximum atomic E-state index is 12.4. The lowest BCUT2D eigenvalue weighted by Gasteiger charge is -2.29. The van der Waals surface area contributed by atoms with E-state index in [1.807, 2.05) is 13.8 Å². The van der Waals surface area contributed by atoms with Crippen molar-refractivity contribution in [1.29, 1.82) is 0 Å². The van der Waals surface area contributed by atoms with Crippen LogP contribution in [0.15, 0.2) is 24.3 Å². The summed E-state index contributed by atoms with van der Waals surface area (Å²) in [7, 11) is 0. The van der Waals surface area contributed by atoms with Crippen LogP contribution in [0.1, 0.15) is 54.9 Å². The number of benzene rings is 1. The molecule has 0 aliphatic rings. The average molecular weight is 399 g/mol. The van der Waals surface area contributed by atoms with Crippen LogP contribution in [0.2, 0.25) is 5.02 Å². The van der Waals surface area contributed by atoms with Crippen LogP contribution >= 0.6 is 11.6 Å². The molecule has 1 rings (SSSR count). The van der Waals surface area contributed by atoms with E-state index < -0.39 is 29.6 Å². The summed E-state index contributed by atoms with van der Waals surface area (Å²) in [5.41, 5.74) is -0.582. The minimum Gasteiger partial charge on any atom is -0.486 e. The van der Waals surface area contributed by atoms with Gasteiger partial charge in [0.25, 0.3) is 0 Å². The summed E-state index contributed by atoms with van der Waals surface area (Å²) in [5.74, 6) is -0.746. The van der Waals surface area contributed by atoms with E-state index in [-0.39, 0.29) is 18.4 Å². The van der Waals surface area contributed by atoms with Crippen molar-refractivity contribution in [1.82, 2.24) is 0 Å². The molecule has 0 saturated carbocycles. The highest BCUT2D eigenvalue weighted by molar-refractivity contribution is 6.30. The third kappa shape index (κ3) is 8.65. The van der Waals surface area contributed by atoms with Gasteiger partial charge in [-0.3, -0.25) is 9.59 Å². The number of hydrogen-bond acceptors (Lipinski definition) is 5. The summed E-state index contributed by atoms with van der Waals surface area (Å²) < 4.78 is 16.8. The molecule has 0 amide bonds. The van der Waals surface area contributed by atoms with Crippen molar-refractivity contribution in [2.75, 3.05) is 0 Å². The van der Waals surface area contributed by atoms with Gasteiger partial charge in [-0.25, -0.2) is 0 Å². The first-order valence-corrected chi connectivity index (χ1v) is 9.61. The third-order valence-electron chi connectivity index (χ3n) is 3.79. The first kappa shape index (κ1) is 23.3. The van der Waals surface area contributed by atoms with E-state index in [1.165, 1.54) is 0 Å². The number of esters is 2. The second kappa shape index (κ2) is 9.98. The highest BCUT2D eigenvalue weighted by Gasteiger charge is 2.29. The van der Waals surface area contributed by atoms with Crippen molar-refractivity contribution in [3.05, 3.63) is 29.3 Å². The normalized spacial score (nSPS) is 15.0. The molecule has 0 N–H and O–H groups in total. The van der Waals surface area contributed by atoms with E-state index in [0.717, 1.165) is 0 Å². The first-order valence-electron chi connectivity index (χ1n) is 9.23. The highest BCUT2D eigenvalue weighted by atomic mass is 35.5. The lowest BCUT2D eigenvalue weighted by molar-refractivity contribution is -0.165. The molecular formula is C21H31ClO5. The number of ether oxygens (including phenoxy) is 3. The predicted molar refractivity (Wildman–Crippen MR) is 106 cm³/mol. The predicted octanol–water partition coefficient (Wildman–Crippen LogP) is 5.04. The third-order valence-corrected chi connectivity index (χ3v) is 4.02. The molecule has 5 nitrogen and oxygen atoms in total. The van der Waals surface area contributed by atoms with Crippen molar-refractivity contribution < 1.29 is 23.8 Å². The van der Waals surface area contributed by atoms with Crippen molar-refractivity contribution in [2.45, 2.75) is 72.7 Å². The fourth-order valence-corrected chi connectivity index (χ4v) is 2.73. The molecule has 0 saturated heterocycles. The van der Waals surface area contributed by atoms with Crippen LogP contribution in [-0.2, 0) is 19.1 Å². The Bertz CT molecular complexity index is 636. The zero-order valence-corrected chi connectivity index (χ0v) is 18.0. The van der Waals surface area contributed by atoms with Gasteiger partial charge in [0.05, 0.1) is 12.3 Å². The second-order valence-electron chi connectivity index (χ2n) is 8.12. The van der Waals surface area contributed by atoms with Crippen molar-refractivity contribution in [3.8, 4) is 5.75 Å². The first-order chi connectivity index (χ1) is 12.4. The Morgan fingerprint density at radius 2 is 1.74 bits per heavy atom. The monoisotopic (exact) mass is 398 g/mol. The standard InChI is InChI=1S/C21H31ClO5/c1-13(2)19(26-17-10-8-9-16(22)12-17)15(4)25-20(24)14(3)11-18(23)27-21(5,6)7/h8-10,12-15,19H,11H2,1-7H3/t14-,15+,19-/m1/s1. The van der Waals surface area contributed by atoms with Gasteiger partial charge in [-0.2, -0.15) is 0 Å². The maximum Gasteiger partial charge on any atom is 0.309 e. The maximum absolute atomic E-state index is 12.4. The molecule has 0 spiro atoms. The summed E-state index contributed by atoms with van der Waals surface area (Å²) >= 11 is 6.00. The van der Waals surface area contributed by atoms with Crippen molar-refractivity contribution in [3.63, 3.8) is 0 Å². The number of rotatable bonds is 8. The molecule has 6 heteroatoms. The zero-order valence-electron chi connectivity index (χ0n) is 17.2. The Morgan fingerprint density at radius 3 is 2.26 bits per heavy atom. The molecule has 27 heavy (non-hydrogen) atoms. The molecule has 0 bridgehead atoms. The van der Waals surface area contributed by atoms with Crippen LogP contribution in [0.25, 0.3) is 0 Å². The number of halogens is 1. The average Bonchev–Trinajstić information content (AvgIpc) is 2.50.